The van der Waals surface area contributed by atoms with Gasteiger partial charge < -0.3 is 0 Å². The van der Waals surface area contributed by atoms with Gasteiger partial charge in [0, 0.05) is 4.88 Å². The summed E-state index contributed by atoms with van der Waals surface area (Å²) in [6.45, 7) is 2.00. The van der Waals surface area contributed by atoms with E-state index < -0.39 is 12.0 Å². The van der Waals surface area contributed by atoms with Gasteiger partial charge in [-0.2, -0.15) is 0 Å². The SMILES string of the molecule is Cc1ccccc1N1O[C@@H]2C(=O)N(c3ccccc3)C(=O)[C@H]2[C@H]1c1cccs1. The maximum absolute atomic E-state index is 13.4. The van der Waals surface area contributed by atoms with E-state index in [2.05, 4.69) is 0 Å². The van der Waals surface area contributed by atoms with Crippen molar-refractivity contribution in [2.75, 3.05) is 9.96 Å². The molecule has 3 aromatic rings. The molecule has 2 aliphatic rings. The van der Waals surface area contributed by atoms with Crippen molar-refractivity contribution in [3.05, 3.63) is 82.6 Å². The van der Waals surface area contributed by atoms with Crippen LogP contribution in [0, 0.1) is 12.8 Å². The highest BCUT2D eigenvalue weighted by molar-refractivity contribution is 7.10. The van der Waals surface area contributed by atoms with Crippen molar-refractivity contribution in [2.24, 2.45) is 5.92 Å². The second-order valence-corrected chi connectivity index (χ2v) is 7.95. The van der Waals surface area contributed by atoms with Crippen LogP contribution in [0.4, 0.5) is 11.4 Å². The van der Waals surface area contributed by atoms with Crippen molar-refractivity contribution in [2.45, 2.75) is 19.1 Å². The van der Waals surface area contributed by atoms with E-state index in [0.717, 1.165) is 16.1 Å². The van der Waals surface area contributed by atoms with Crippen molar-refractivity contribution in [3.8, 4) is 0 Å². The number of anilines is 2. The zero-order valence-electron chi connectivity index (χ0n) is 15.2. The molecule has 0 unspecified atom stereocenters. The van der Waals surface area contributed by atoms with Crippen LogP contribution in [0.5, 0.6) is 0 Å². The Morgan fingerprint density at radius 1 is 0.893 bits per heavy atom. The average Bonchev–Trinajstić information content (AvgIpc) is 3.41. The highest BCUT2D eigenvalue weighted by atomic mass is 32.1. The Morgan fingerprint density at radius 3 is 2.36 bits per heavy atom. The van der Waals surface area contributed by atoms with Crippen LogP contribution in [0.3, 0.4) is 0 Å². The lowest BCUT2D eigenvalue weighted by atomic mass is 9.95. The van der Waals surface area contributed by atoms with Gasteiger partial charge in [0.1, 0.15) is 12.0 Å². The zero-order valence-corrected chi connectivity index (χ0v) is 16.0. The lowest BCUT2D eigenvalue weighted by Gasteiger charge is -2.28. The molecule has 28 heavy (non-hydrogen) atoms. The summed E-state index contributed by atoms with van der Waals surface area (Å²) in [4.78, 5) is 34.9. The number of aryl methyl sites for hydroxylation is 1. The molecule has 2 aliphatic heterocycles. The largest absolute Gasteiger partial charge is 0.273 e. The molecule has 0 N–H and O–H groups in total. The monoisotopic (exact) mass is 390 g/mol. The summed E-state index contributed by atoms with van der Waals surface area (Å²) in [5.41, 5.74) is 2.49. The first kappa shape index (κ1) is 17.2. The van der Waals surface area contributed by atoms with Crippen LogP contribution in [0.15, 0.2) is 72.1 Å². The number of imide groups is 1. The van der Waals surface area contributed by atoms with Gasteiger partial charge in [0.05, 0.1) is 11.4 Å². The summed E-state index contributed by atoms with van der Waals surface area (Å²) in [7, 11) is 0. The number of para-hydroxylation sites is 2. The molecule has 2 saturated heterocycles. The molecule has 3 heterocycles. The summed E-state index contributed by atoms with van der Waals surface area (Å²) in [6.07, 6.45) is -0.820. The van der Waals surface area contributed by atoms with Crippen LogP contribution in [-0.4, -0.2) is 17.9 Å². The quantitative estimate of drug-likeness (QED) is 0.632. The zero-order chi connectivity index (χ0) is 19.3. The molecule has 0 spiro atoms. The standard InChI is InChI=1S/C22H18N2O3S/c1-14-8-5-6-11-16(14)24-19(17-12-7-13-28-17)18-20(27-24)22(26)23(21(18)25)15-9-3-2-4-10-15/h2-13,18-20H,1H3/t18-,19+,20-/m0/s1. The third-order valence-corrected chi connectivity index (χ3v) is 6.26. The summed E-state index contributed by atoms with van der Waals surface area (Å²) < 4.78 is 0. The third-order valence-electron chi connectivity index (χ3n) is 5.32. The van der Waals surface area contributed by atoms with E-state index in [-0.39, 0.29) is 17.9 Å². The number of fused-ring (bicyclic) bond motifs is 1. The van der Waals surface area contributed by atoms with E-state index in [9.17, 15) is 9.59 Å². The molecule has 5 rings (SSSR count). The molecular weight excluding hydrogens is 372 g/mol. The van der Waals surface area contributed by atoms with E-state index >= 15 is 0 Å². The van der Waals surface area contributed by atoms with E-state index in [1.165, 1.54) is 4.90 Å². The molecule has 2 aromatic carbocycles. The predicted octanol–water partition coefficient (Wildman–Crippen LogP) is 4.11. The van der Waals surface area contributed by atoms with Gasteiger partial charge >= 0.3 is 0 Å². The van der Waals surface area contributed by atoms with E-state index in [1.54, 1.807) is 28.5 Å². The Hall–Kier alpha value is -2.96. The van der Waals surface area contributed by atoms with Gasteiger partial charge in [-0.1, -0.05) is 42.5 Å². The number of amides is 2. The summed E-state index contributed by atoms with van der Waals surface area (Å²) in [6, 6.07) is 20.5. The maximum Gasteiger partial charge on any atom is 0.266 e. The van der Waals surface area contributed by atoms with Crippen LogP contribution < -0.4 is 9.96 Å². The predicted molar refractivity (Wildman–Crippen MR) is 108 cm³/mol. The smallest absolute Gasteiger partial charge is 0.266 e. The summed E-state index contributed by atoms with van der Waals surface area (Å²) in [5, 5.41) is 3.74. The highest BCUT2D eigenvalue weighted by Gasteiger charge is 2.60. The lowest BCUT2D eigenvalue weighted by Crippen LogP contribution is -2.37. The van der Waals surface area contributed by atoms with Crippen LogP contribution in [0.2, 0.25) is 0 Å². The number of carbonyl (C=O) groups is 2. The van der Waals surface area contributed by atoms with Crippen molar-refractivity contribution in [1.29, 1.82) is 0 Å². The average molecular weight is 390 g/mol. The number of hydroxylamine groups is 1. The molecule has 2 amide bonds. The van der Waals surface area contributed by atoms with E-state index in [1.807, 2.05) is 66.9 Å². The second-order valence-electron chi connectivity index (χ2n) is 6.97. The number of hydrogen-bond acceptors (Lipinski definition) is 5. The van der Waals surface area contributed by atoms with Crippen molar-refractivity contribution < 1.29 is 14.4 Å². The Kier molecular flexibility index (Phi) is 4.03. The fraction of sp³-hybridized carbons (Fsp3) is 0.182. The van der Waals surface area contributed by atoms with Gasteiger partial charge in [-0.25, -0.2) is 9.96 Å². The highest BCUT2D eigenvalue weighted by Crippen LogP contribution is 2.49. The number of rotatable bonds is 3. The van der Waals surface area contributed by atoms with Gasteiger partial charge in [0.2, 0.25) is 5.91 Å². The second kappa shape index (κ2) is 6.58. The van der Waals surface area contributed by atoms with Gasteiger partial charge in [0.15, 0.2) is 6.10 Å². The minimum Gasteiger partial charge on any atom is -0.273 e. The van der Waals surface area contributed by atoms with Gasteiger partial charge in [-0.3, -0.25) is 14.4 Å². The molecule has 2 fully saturated rings. The molecular formula is C22H18N2O3S. The first-order valence-corrected chi connectivity index (χ1v) is 10.0. The Balaban J connectivity index is 1.59. The normalized spacial score (nSPS) is 24.1. The minimum atomic E-state index is -0.820. The van der Waals surface area contributed by atoms with Crippen LogP contribution in [0.25, 0.3) is 0 Å². The fourth-order valence-electron chi connectivity index (χ4n) is 4.01. The molecule has 140 valence electrons. The molecule has 0 saturated carbocycles. The minimum absolute atomic E-state index is 0.212. The summed E-state index contributed by atoms with van der Waals surface area (Å²) in [5.74, 6) is -1.10. The molecule has 0 radical (unpaired) electrons. The van der Waals surface area contributed by atoms with E-state index in [4.69, 9.17) is 4.84 Å². The van der Waals surface area contributed by atoms with Crippen LogP contribution in [0.1, 0.15) is 16.5 Å². The molecule has 0 bridgehead atoms. The number of hydrogen-bond donors (Lipinski definition) is 0. The van der Waals surface area contributed by atoms with Crippen LogP contribution >= 0.6 is 11.3 Å². The Labute approximate surface area is 166 Å². The van der Waals surface area contributed by atoms with Gasteiger partial charge in [0.25, 0.3) is 5.91 Å². The summed E-state index contributed by atoms with van der Waals surface area (Å²) >= 11 is 1.57. The molecule has 0 aliphatic carbocycles. The van der Waals surface area contributed by atoms with E-state index in [0.29, 0.717) is 5.69 Å². The first-order valence-electron chi connectivity index (χ1n) is 9.15. The number of benzene rings is 2. The van der Waals surface area contributed by atoms with Crippen molar-refractivity contribution >= 4 is 34.5 Å². The number of carbonyl (C=O) groups excluding carboxylic acids is 2. The van der Waals surface area contributed by atoms with Gasteiger partial charge in [-0.05, 0) is 42.1 Å². The van der Waals surface area contributed by atoms with Crippen LogP contribution in [-0.2, 0) is 14.4 Å². The maximum atomic E-state index is 13.4. The van der Waals surface area contributed by atoms with Crippen molar-refractivity contribution in [3.63, 3.8) is 0 Å². The van der Waals surface area contributed by atoms with Gasteiger partial charge in [-0.15, -0.1) is 11.3 Å². The third kappa shape index (κ3) is 2.49. The Morgan fingerprint density at radius 2 is 1.64 bits per heavy atom. The molecule has 3 atom stereocenters. The lowest BCUT2D eigenvalue weighted by molar-refractivity contribution is -0.126. The molecule has 5 nitrogen and oxygen atoms in total. The fourth-order valence-corrected chi connectivity index (χ4v) is 4.87. The molecule has 1 aromatic heterocycles. The number of thiophene rings is 1. The first-order chi connectivity index (χ1) is 13.7. The molecule has 6 heteroatoms. The van der Waals surface area contributed by atoms with Crippen molar-refractivity contribution in [1.82, 2.24) is 0 Å². The Bertz CT molecular complexity index is 1030. The topological polar surface area (TPSA) is 49.9 Å². The number of nitrogens with zero attached hydrogens (tertiary/aromatic N) is 2.